The Morgan fingerprint density at radius 1 is 1.00 bits per heavy atom. The number of rotatable bonds is 2. The first kappa shape index (κ1) is 8.71. The smallest absolute Gasteiger partial charge is 0.203 e. The molecule has 14 heavy (non-hydrogen) atoms. The summed E-state index contributed by atoms with van der Waals surface area (Å²) in [5.41, 5.74) is 5.91. The largest absolute Gasteiger partial charge is 0.354 e. The van der Waals surface area contributed by atoms with Crippen LogP contribution in [0.1, 0.15) is 5.56 Å². The lowest BCUT2D eigenvalue weighted by molar-refractivity contribution is -0.386. The van der Waals surface area contributed by atoms with Gasteiger partial charge in [-0.05, 0) is 0 Å². The highest BCUT2D eigenvalue weighted by Crippen LogP contribution is 2.12. The first-order chi connectivity index (χ1) is 6.90. The van der Waals surface area contributed by atoms with Crippen molar-refractivity contribution >= 4 is 0 Å². The zero-order valence-corrected chi connectivity index (χ0v) is 7.59. The van der Waals surface area contributed by atoms with Gasteiger partial charge in [0.1, 0.15) is 0 Å². The molecule has 0 aliphatic heterocycles. The van der Waals surface area contributed by atoms with Crippen molar-refractivity contribution in [2.24, 2.45) is 0 Å². The highest BCUT2D eigenvalue weighted by Gasteiger charge is 2.00. The summed E-state index contributed by atoms with van der Waals surface area (Å²) in [7, 11) is 0. The quantitative estimate of drug-likeness (QED) is 0.700. The molecule has 0 atom stereocenters. The number of hydrogen-bond donors (Lipinski definition) is 1. The predicted octanol–water partition coefficient (Wildman–Crippen LogP) is -0.325. The van der Waals surface area contributed by atoms with E-state index < -0.39 is 0 Å². The molecule has 5 nitrogen and oxygen atoms in total. The van der Waals surface area contributed by atoms with Gasteiger partial charge in [0.2, 0.25) is 5.82 Å². The summed E-state index contributed by atoms with van der Waals surface area (Å²) in [5, 5.41) is 15.1. The van der Waals surface area contributed by atoms with E-state index in [4.69, 9.17) is 0 Å². The minimum absolute atomic E-state index is 0.545. The monoisotopic (exact) mass is 188 g/mol. The van der Waals surface area contributed by atoms with Gasteiger partial charge in [-0.1, -0.05) is 24.3 Å². The number of aromatic nitrogens is 4. The molecule has 0 unspecified atom stereocenters. The molecule has 0 spiro atoms. The molecule has 0 aliphatic carbocycles. The standard InChI is InChI=1S/C9H9N5/c10-5-7-1-3-8(4-2-7)9-13-11-6-12-14-9/h1-4,6H,5,10H2/p+1. The molecule has 0 radical (unpaired) electrons. The van der Waals surface area contributed by atoms with Crippen LogP contribution in [-0.2, 0) is 6.54 Å². The molecule has 0 amide bonds. The fourth-order valence-corrected chi connectivity index (χ4v) is 1.14. The molecule has 0 aliphatic rings. The number of nitrogens with zero attached hydrogens (tertiary/aromatic N) is 4. The summed E-state index contributed by atoms with van der Waals surface area (Å²) in [6.07, 6.45) is 1.31. The fourth-order valence-electron chi connectivity index (χ4n) is 1.14. The van der Waals surface area contributed by atoms with E-state index in [2.05, 4.69) is 26.1 Å². The van der Waals surface area contributed by atoms with Crippen LogP contribution in [0.2, 0.25) is 0 Å². The van der Waals surface area contributed by atoms with E-state index in [-0.39, 0.29) is 0 Å². The molecule has 5 heteroatoms. The van der Waals surface area contributed by atoms with Crippen LogP contribution < -0.4 is 5.73 Å². The van der Waals surface area contributed by atoms with Gasteiger partial charge in [-0.2, -0.15) is 0 Å². The maximum Gasteiger partial charge on any atom is 0.203 e. The third-order valence-electron chi connectivity index (χ3n) is 1.91. The van der Waals surface area contributed by atoms with Crippen molar-refractivity contribution in [1.29, 1.82) is 0 Å². The van der Waals surface area contributed by atoms with Crippen molar-refractivity contribution in [2.75, 3.05) is 0 Å². The van der Waals surface area contributed by atoms with Crippen molar-refractivity contribution in [1.82, 2.24) is 20.4 Å². The highest BCUT2D eigenvalue weighted by molar-refractivity contribution is 5.53. The minimum Gasteiger partial charge on any atom is -0.354 e. The van der Waals surface area contributed by atoms with Crippen LogP contribution in [0.3, 0.4) is 0 Å². The van der Waals surface area contributed by atoms with Gasteiger partial charge in [-0.3, -0.25) is 0 Å². The van der Waals surface area contributed by atoms with Gasteiger partial charge in [0.05, 0.1) is 6.54 Å². The van der Waals surface area contributed by atoms with Gasteiger partial charge < -0.3 is 5.73 Å². The molecule has 0 saturated heterocycles. The molecule has 2 rings (SSSR count). The van der Waals surface area contributed by atoms with Crippen molar-refractivity contribution in [3.63, 3.8) is 0 Å². The summed E-state index contributed by atoms with van der Waals surface area (Å²) >= 11 is 0. The molecule has 0 bridgehead atoms. The van der Waals surface area contributed by atoms with Crippen LogP contribution in [0.5, 0.6) is 0 Å². The van der Waals surface area contributed by atoms with Crippen LogP contribution in [0.4, 0.5) is 0 Å². The first-order valence-corrected chi connectivity index (χ1v) is 4.29. The van der Waals surface area contributed by atoms with Gasteiger partial charge in [0, 0.05) is 11.1 Å². The summed E-state index contributed by atoms with van der Waals surface area (Å²) < 4.78 is 0. The molecule has 1 aromatic carbocycles. The maximum atomic E-state index is 3.87. The zero-order chi connectivity index (χ0) is 9.80. The molecule has 1 heterocycles. The van der Waals surface area contributed by atoms with Gasteiger partial charge >= 0.3 is 0 Å². The lowest BCUT2D eigenvalue weighted by atomic mass is 10.1. The Balaban J connectivity index is 2.34. The summed E-state index contributed by atoms with van der Waals surface area (Å²) in [6, 6.07) is 7.88. The normalized spacial score (nSPS) is 10.1. The molecular weight excluding hydrogens is 178 g/mol. The molecule has 3 N–H and O–H groups in total. The minimum atomic E-state index is 0.545. The Bertz CT molecular complexity index is 397. The molecule has 1 aromatic heterocycles. The van der Waals surface area contributed by atoms with Crippen LogP contribution in [0, 0.1) is 0 Å². The van der Waals surface area contributed by atoms with E-state index in [1.165, 1.54) is 11.9 Å². The Morgan fingerprint density at radius 3 is 2.21 bits per heavy atom. The van der Waals surface area contributed by atoms with Crippen LogP contribution in [-0.4, -0.2) is 20.4 Å². The number of benzene rings is 1. The second kappa shape index (κ2) is 3.89. The van der Waals surface area contributed by atoms with Crippen LogP contribution >= 0.6 is 0 Å². The zero-order valence-electron chi connectivity index (χ0n) is 7.59. The van der Waals surface area contributed by atoms with Crippen LogP contribution in [0.15, 0.2) is 30.6 Å². The van der Waals surface area contributed by atoms with Crippen molar-refractivity contribution < 1.29 is 5.73 Å². The summed E-state index contributed by atoms with van der Waals surface area (Å²) in [6.45, 7) is 0.784. The summed E-state index contributed by atoms with van der Waals surface area (Å²) in [4.78, 5) is 0. The van der Waals surface area contributed by atoms with E-state index in [1.54, 1.807) is 0 Å². The average Bonchev–Trinajstić information content (AvgIpc) is 2.30. The average molecular weight is 188 g/mol. The number of quaternary nitrogens is 1. The van der Waals surface area contributed by atoms with E-state index in [1.807, 2.05) is 24.3 Å². The van der Waals surface area contributed by atoms with Gasteiger partial charge in [0.25, 0.3) is 0 Å². The predicted molar refractivity (Wildman–Crippen MR) is 49.7 cm³/mol. The number of hydrogen-bond acceptors (Lipinski definition) is 4. The van der Waals surface area contributed by atoms with Gasteiger partial charge in [-0.25, -0.2) is 0 Å². The van der Waals surface area contributed by atoms with Gasteiger partial charge in [-0.15, -0.1) is 20.4 Å². The summed E-state index contributed by atoms with van der Waals surface area (Å²) in [5.74, 6) is 0.545. The molecule has 0 saturated carbocycles. The van der Waals surface area contributed by atoms with Crippen molar-refractivity contribution in [3.8, 4) is 11.4 Å². The molecule has 0 fully saturated rings. The van der Waals surface area contributed by atoms with E-state index in [9.17, 15) is 0 Å². The Morgan fingerprint density at radius 2 is 1.64 bits per heavy atom. The lowest BCUT2D eigenvalue weighted by Gasteiger charge is -1.97. The third kappa shape index (κ3) is 1.72. The Labute approximate surface area is 81.0 Å². The lowest BCUT2D eigenvalue weighted by Crippen LogP contribution is -2.47. The molecule has 70 valence electrons. The molecular formula is C9H10N5+. The Hall–Kier alpha value is -1.88. The fraction of sp³-hybridized carbons (Fsp3) is 0.111. The van der Waals surface area contributed by atoms with E-state index >= 15 is 0 Å². The second-order valence-corrected chi connectivity index (χ2v) is 2.82. The van der Waals surface area contributed by atoms with Crippen molar-refractivity contribution in [3.05, 3.63) is 36.2 Å². The van der Waals surface area contributed by atoms with E-state index in [0.717, 1.165) is 12.1 Å². The SMILES string of the molecule is [NH3+]Cc1ccc(-c2nncnn2)cc1. The highest BCUT2D eigenvalue weighted by atomic mass is 15.3. The topological polar surface area (TPSA) is 79.2 Å². The first-order valence-electron chi connectivity index (χ1n) is 4.29. The maximum absolute atomic E-state index is 3.87. The third-order valence-corrected chi connectivity index (χ3v) is 1.91. The van der Waals surface area contributed by atoms with Crippen LogP contribution in [0.25, 0.3) is 11.4 Å². The molecule has 2 aromatic rings. The Kier molecular flexibility index (Phi) is 2.42. The van der Waals surface area contributed by atoms with Gasteiger partial charge in [0.15, 0.2) is 6.33 Å². The second-order valence-electron chi connectivity index (χ2n) is 2.82. The van der Waals surface area contributed by atoms with E-state index in [0.29, 0.717) is 5.82 Å². The van der Waals surface area contributed by atoms with Crippen molar-refractivity contribution in [2.45, 2.75) is 6.54 Å².